The second-order valence-corrected chi connectivity index (χ2v) is 7.66. The topological polar surface area (TPSA) is 76.5 Å². The summed E-state index contributed by atoms with van der Waals surface area (Å²) in [6.07, 6.45) is 5.04. The van der Waals surface area contributed by atoms with E-state index in [1.165, 1.54) is 0 Å². The third kappa shape index (κ3) is 4.45. The van der Waals surface area contributed by atoms with Gasteiger partial charge < -0.3 is 19.5 Å². The Morgan fingerprint density at radius 1 is 1.23 bits per heavy atom. The van der Waals surface area contributed by atoms with E-state index in [0.29, 0.717) is 30.1 Å². The average Bonchev–Trinajstić information content (AvgIpc) is 3.40. The molecule has 2 heterocycles. The maximum absolute atomic E-state index is 13.2. The SMILES string of the molecule is COc1ccccc1C(NC(=O)c1cccc(CN2CCCC2=O)c1)c1nccn1C. The van der Waals surface area contributed by atoms with Gasteiger partial charge in [0.25, 0.3) is 5.91 Å². The second-order valence-electron chi connectivity index (χ2n) is 7.66. The summed E-state index contributed by atoms with van der Waals surface area (Å²) in [5, 5.41) is 3.11. The summed E-state index contributed by atoms with van der Waals surface area (Å²) < 4.78 is 7.41. The highest BCUT2D eigenvalue weighted by Crippen LogP contribution is 2.29. The lowest BCUT2D eigenvalue weighted by Crippen LogP contribution is -2.31. The van der Waals surface area contributed by atoms with Gasteiger partial charge >= 0.3 is 0 Å². The highest BCUT2D eigenvalue weighted by atomic mass is 16.5. The van der Waals surface area contributed by atoms with Gasteiger partial charge in [0.2, 0.25) is 5.91 Å². The molecule has 1 atom stereocenters. The first-order valence-electron chi connectivity index (χ1n) is 10.3. The Labute approximate surface area is 181 Å². The summed E-state index contributed by atoms with van der Waals surface area (Å²) in [7, 11) is 3.50. The largest absolute Gasteiger partial charge is 0.496 e. The predicted octanol–water partition coefficient (Wildman–Crippen LogP) is 3.07. The number of rotatable bonds is 7. The molecule has 1 aliphatic rings. The van der Waals surface area contributed by atoms with Crippen molar-refractivity contribution in [1.29, 1.82) is 0 Å². The number of aryl methyl sites for hydroxylation is 1. The van der Waals surface area contributed by atoms with Crippen molar-refractivity contribution in [3.8, 4) is 5.75 Å². The molecule has 2 amide bonds. The molecule has 0 saturated carbocycles. The lowest BCUT2D eigenvalue weighted by atomic mass is 10.0. The molecular formula is C24H26N4O3. The van der Waals surface area contributed by atoms with Crippen molar-refractivity contribution in [3.05, 3.63) is 83.4 Å². The number of aromatic nitrogens is 2. The van der Waals surface area contributed by atoms with Crippen LogP contribution in [0.3, 0.4) is 0 Å². The zero-order chi connectivity index (χ0) is 21.8. The maximum atomic E-state index is 13.2. The van der Waals surface area contributed by atoms with Crippen LogP contribution in [0.5, 0.6) is 5.75 Å². The molecule has 0 radical (unpaired) electrons. The van der Waals surface area contributed by atoms with Crippen molar-refractivity contribution in [2.75, 3.05) is 13.7 Å². The van der Waals surface area contributed by atoms with Crippen molar-refractivity contribution in [2.24, 2.45) is 7.05 Å². The quantitative estimate of drug-likeness (QED) is 0.640. The summed E-state index contributed by atoms with van der Waals surface area (Å²) in [5.41, 5.74) is 2.30. The number of nitrogens with zero attached hydrogens (tertiary/aromatic N) is 3. The zero-order valence-electron chi connectivity index (χ0n) is 17.7. The van der Waals surface area contributed by atoms with Gasteiger partial charge in [0.05, 0.1) is 7.11 Å². The number of ether oxygens (including phenoxy) is 1. The van der Waals surface area contributed by atoms with E-state index in [0.717, 1.165) is 24.1 Å². The Kier molecular flexibility index (Phi) is 6.02. The van der Waals surface area contributed by atoms with Gasteiger partial charge in [0, 0.05) is 50.1 Å². The van der Waals surface area contributed by atoms with Crippen molar-refractivity contribution >= 4 is 11.8 Å². The van der Waals surface area contributed by atoms with Gasteiger partial charge in [-0.25, -0.2) is 4.98 Å². The van der Waals surface area contributed by atoms with E-state index in [-0.39, 0.29) is 11.8 Å². The molecule has 0 bridgehead atoms. The number of para-hydroxylation sites is 1. The van der Waals surface area contributed by atoms with Crippen LogP contribution in [0.1, 0.15) is 46.2 Å². The Morgan fingerprint density at radius 2 is 2.06 bits per heavy atom. The van der Waals surface area contributed by atoms with E-state index in [2.05, 4.69) is 10.3 Å². The molecule has 0 spiro atoms. The van der Waals surface area contributed by atoms with E-state index in [1.807, 2.05) is 65.2 Å². The summed E-state index contributed by atoms with van der Waals surface area (Å²) in [6.45, 7) is 1.29. The van der Waals surface area contributed by atoms with Crippen molar-refractivity contribution in [2.45, 2.75) is 25.4 Å². The van der Waals surface area contributed by atoms with E-state index < -0.39 is 6.04 Å². The minimum atomic E-state index is -0.479. The minimum Gasteiger partial charge on any atom is -0.496 e. The van der Waals surface area contributed by atoms with E-state index >= 15 is 0 Å². The Balaban J connectivity index is 1.60. The molecule has 2 aromatic carbocycles. The van der Waals surface area contributed by atoms with Crippen LogP contribution in [-0.4, -0.2) is 39.9 Å². The maximum Gasteiger partial charge on any atom is 0.252 e. The van der Waals surface area contributed by atoms with Crippen LogP contribution in [0.15, 0.2) is 60.9 Å². The monoisotopic (exact) mass is 418 g/mol. The van der Waals surface area contributed by atoms with Crippen LogP contribution in [0.2, 0.25) is 0 Å². The molecule has 7 nitrogen and oxygen atoms in total. The predicted molar refractivity (Wildman–Crippen MR) is 117 cm³/mol. The second kappa shape index (κ2) is 9.04. The van der Waals surface area contributed by atoms with Gasteiger partial charge in [-0.15, -0.1) is 0 Å². The number of carbonyl (C=O) groups excluding carboxylic acids is 2. The third-order valence-electron chi connectivity index (χ3n) is 5.58. The number of amides is 2. The van der Waals surface area contributed by atoms with Crippen LogP contribution in [0.4, 0.5) is 0 Å². The summed E-state index contributed by atoms with van der Waals surface area (Å²) >= 11 is 0. The van der Waals surface area contributed by atoms with Crippen LogP contribution < -0.4 is 10.1 Å². The van der Waals surface area contributed by atoms with Gasteiger partial charge in [-0.3, -0.25) is 9.59 Å². The number of nitrogens with one attached hydrogen (secondary N) is 1. The van der Waals surface area contributed by atoms with Crippen LogP contribution in [0, 0.1) is 0 Å². The Morgan fingerprint density at radius 3 is 2.77 bits per heavy atom. The molecule has 31 heavy (non-hydrogen) atoms. The zero-order valence-corrected chi connectivity index (χ0v) is 17.7. The number of imidazole rings is 1. The van der Waals surface area contributed by atoms with Gasteiger partial charge in [0.1, 0.15) is 17.6 Å². The first-order valence-corrected chi connectivity index (χ1v) is 10.3. The molecule has 3 aromatic rings. The molecule has 1 unspecified atom stereocenters. The number of methoxy groups -OCH3 is 1. The standard InChI is InChI=1S/C24H26N4O3/c1-27-14-12-25-23(27)22(19-9-3-4-10-20(19)31-2)26-24(30)18-8-5-7-17(15-18)16-28-13-6-11-21(28)29/h3-5,7-10,12,14-15,22H,6,11,13,16H2,1-2H3,(H,26,30). The lowest BCUT2D eigenvalue weighted by Gasteiger charge is -2.21. The number of hydrogen-bond donors (Lipinski definition) is 1. The average molecular weight is 418 g/mol. The molecule has 1 N–H and O–H groups in total. The third-order valence-corrected chi connectivity index (χ3v) is 5.58. The van der Waals surface area contributed by atoms with Crippen LogP contribution in [-0.2, 0) is 18.4 Å². The van der Waals surface area contributed by atoms with Gasteiger partial charge in [-0.2, -0.15) is 0 Å². The number of carbonyl (C=O) groups is 2. The Bertz CT molecular complexity index is 1090. The molecular weight excluding hydrogens is 392 g/mol. The molecule has 160 valence electrons. The number of hydrogen-bond acceptors (Lipinski definition) is 4. The summed E-state index contributed by atoms with van der Waals surface area (Å²) in [5.74, 6) is 1.34. The van der Waals surface area contributed by atoms with Crippen molar-refractivity contribution < 1.29 is 14.3 Å². The molecule has 1 aromatic heterocycles. The fourth-order valence-electron chi connectivity index (χ4n) is 3.96. The van der Waals surface area contributed by atoms with E-state index in [4.69, 9.17) is 4.74 Å². The number of likely N-dealkylation sites (tertiary alicyclic amines) is 1. The van der Waals surface area contributed by atoms with Crippen LogP contribution >= 0.6 is 0 Å². The normalized spacial score (nSPS) is 14.5. The first kappa shape index (κ1) is 20.7. The van der Waals surface area contributed by atoms with E-state index in [1.54, 1.807) is 19.4 Å². The molecule has 4 rings (SSSR count). The fourth-order valence-corrected chi connectivity index (χ4v) is 3.96. The molecule has 7 heteroatoms. The highest BCUT2D eigenvalue weighted by molar-refractivity contribution is 5.95. The summed E-state index contributed by atoms with van der Waals surface area (Å²) in [4.78, 5) is 31.5. The minimum absolute atomic E-state index is 0.167. The van der Waals surface area contributed by atoms with Gasteiger partial charge in [0.15, 0.2) is 0 Å². The lowest BCUT2D eigenvalue weighted by molar-refractivity contribution is -0.128. The van der Waals surface area contributed by atoms with Crippen molar-refractivity contribution in [1.82, 2.24) is 19.8 Å². The highest BCUT2D eigenvalue weighted by Gasteiger charge is 2.25. The molecule has 1 saturated heterocycles. The molecule has 1 fully saturated rings. The van der Waals surface area contributed by atoms with Crippen LogP contribution in [0.25, 0.3) is 0 Å². The van der Waals surface area contributed by atoms with E-state index in [9.17, 15) is 9.59 Å². The first-order chi connectivity index (χ1) is 15.1. The summed E-state index contributed by atoms with van der Waals surface area (Å²) in [6, 6.07) is 14.5. The molecule has 1 aliphatic heterocycles. The fraction of sp³-hybridized carbons (Fsp3) is 0.292. The van der Waals surface area contributed by atoms with Gasteiger partial charge in [-0.05, 0) is 30.2 Å². The smallest absolute Gasteiger partial charge is 0.252 e. The van der Waals surface area contributed by atoms with Crippen molar-refractivity contribution in [3.63, 3.8) is 0 Å². The number of benzene rings is 2. The Hall–Kier alpha value is -3.61. The molecule has 0 aliphatic carbocycles. The van der Waals surface area contributed by atoms with Gasteiger partial charge in [-0.1, -0.05) is 30.3 Å².